The maximum Gasteiger partial charge on any atom is 0.390 e. The number of hydrogen-bond acceptors (Lipinski definition) is 1. The number of nitrogens with one attached hydrogen (secondary N) is 2. The quantitative estimate of drug-likeness (QED) is 0.859. The highest BCUT2D eigenvalue weighted by Gasteiger charge is 2.32. The Hall–Kier alpha value is -1.49. The summed E-state index contributed by atoms with van der Waals surface area (Å²) in [7, 11) is 0. The summed E-state index contributed by atoms with van der Waals surface area (Å²) in [5, 5.41) is 4.34. The lowest BCUT2D eigenvalue weighted by Gasteiger charge is -2.27. The van der Waals surface area contributed by atoms with Gasteiger partial charge in [-0.05, 0) is 37.8 Å². The van der Waals surface area contributed by atoms with E-state index >= 15 is 0 Å². The minimum atomic E-state index is -4.12. The van der Waals surface area contributed by atoms with Crippen molar-refractivity contribution in [1.82, 2.24) is 10.3 Å². The molecule has 114 valence electrons. The van der Waals surface area contributed by atoms with Crippen LogP contribution in [0.5, 0.6) is 0 Å². The molecule has 2 aromatic rings. The Morgan fingerprint density at radius 2 is 2.10 bits per heavy atom. The second-order valence-electron chi connectivity index (χ2n) is 5.89. The third-order valence-electron chi connectivity index (χ3n) is 4.14. The van der Waals surface area contributed by atoms with Crippen LogP contribution in [-0.2, 0) is 6.42 Å². The van der Waals surface area contributed by atoms with Gasteiger partial charge in [-0.1, -0.05) is 18.2 Å². The summed E-state index contributed by atoms with van der Waals surface area (Å²) in [5.74, 6) is 0. The molecule has 1 aliphatic rings. The monoisotopic (exact) mass is 296 g/mol. The molecule has 0 fully saturated rings. The maximum atomic E-state index is 12.5. The molecule has 1 heterocycles. The summed E-state index contributed by atoms with van der Waals surface area (Å²) < 4.78 is 37.4. The molecule has 0 saturated carbocycles. The molecule has 0 amide bonds. The molecule has 2 nitrogen and oxygen atoms in total. The minimum Gasteiger partial charge on any atom is -0.357 e. The molecule has 0 radical (unpaired) electrons. The Balaban J connectivity index is 1.84. The molecule has 0 spiro atoms. The van der Waals surface area contributed by atoms with Crippen molar-refractivity contribution < 1.29 is 13.2 Å². The number of rotatable bonds is 3. The smallest absolute Gasteiger partial charge is 0.357 e. The Bertz CT molecular complexity index is 630. The van der Waals surface area contributed by atoms with Crippen molar-refractivity contribution in [3.8, 4) is 0 Å². The first-order valence-corrected chi connectivity index (χ1v) is 7.36. The highest BCUT2D eigenvalue weighted by Crippen LogP contribution is 2.35. The van der Waals surface area contributed by atoms with Crippen molar-refractivity contribution in [2.75, 3.05) is 0 Å². The molecule has 1 aromatic carbocycles. The summed E-state index contributed by atoms with van der Waals surface area (Å²) >= 11 is 0. The van der Waals surface area contributed by atoms with Crippen LogP contribution < -0.4 is 5.32 Å². The number of hydrogen-bond donors (Lipinski definition) is 2. The van der Waals surface area contributed by atoms with Crippen LogP contribution in [0, 0.1) is 0 Å². The van der Waals surface area contributed by atoms with Gasteiger partial charge < -0.3 is 10.3 Å². The number of benzene rings is 1. The number of fused-ring (bicyclic) bond motifs is 3. The van der Waals surface area contributed by atoms with Crippen molar-refractivity contribution in [3.63, 3.8) is 0 Å². The lowest BCUT2D eigenvalue weighted by Crippen LogP contribution is -2.35. The van der Waals surface area contributed by atoms with E-state index in [0.29, 0.717) is 0 Å². The van der Waals surface area contributed by atoms with Gasteiger partial charge in [-0.2, -0.15) is 13.2 Å². The highest BCUT2D eigenvalue weighted by molar-refractivity contribution is 5.85. The lowest BCUT2D eigenvalue weighted by molar-refractivity contribution is -0.139. The Kier molecular flexibility index (Phi) is 3.69. The predicted molar refractivity (Wildman–Crippen MR) is 77.2 cm³/mol. The van der Waals surface area contributed by atoms with Gasteiger partial charge in [-0.15, -0.1) is 0 Å². The molecule has 5 heteroatoms. The fourth-order valence-electron chi connectivity index (χ4n) is 3.33. The molecule has 0 aliphatic heterocycles. The van der Waals surface area contributed by atoms with E-state index in [1.807, 2.05) is 18.2 Å². The van der Waals surface area contributed by atoms with E-state index in [-0.39, 0.29) is 6.04 Å². The van der Waals surface area contributed by atoms with Crippen LogP contribution in [0.25, 0.3) is 10.9 Å². The Labute approximate surface area is 121 Å². The van der Waals surface area contributed by atoms with Crippen LogP contribution in [0.1, 0.15) is 43.5 Å². The minimum absolute atomic E-state index is 0.0153. The predicted octanol–water partition coefficient (Wildman–Crippen LogP) is 4.48. The molecular weight excluding hydrogens is 277 g/mol. The second kappa shape index (κ2) is 5.37. The lowest BCUT2D eigenvalue weighted by atomic mass is 9.91. The zero-order valence-corrected chi connectivity index (χ0v) is 11.9. The molecule has 0 bridgehead atoms. The molecule has 21 heavy (non-hydrogen) atoms. The normalized spacial score (nSPS) is 20.5. The van der Waals surface area contributed by atoms with Crippen molar-refractivity contribution in [2.24, 2.45) is 0 Å². The molecule has 2 unspecified atom stereocenters. The molecule has 1 aromatic heterocycles. The van der Waals surface area contributed by atoms with E-state index in [0.717, 1.165) is 30.5 Å². The first kappa shape index (κ1) is 14.4. The van der Waals surface area contributed by atoms with Gasteiger partial charge in [0.25, 0.3) is 0 Å². The van der Waals surface area contributed by atoms with E-state index < -0.39 is 18.6 Å². The van der Waals surface area contributed by atoms with E-state index in [1.54, 1.807) is 6.92 Å². The summed E-state index contributed by atoms with van der Waals surface area (Å²) in [4.78, 5) is 3.39. The summed E-state index contributed by atoms with van der Waals surface area (Å²) in [6.45, 7) is 1.60. The maximum absolute atomic E-state index is 12.5. The molecule has 2 N–H and O–H groups in total. The van der Waals surface area contributed by atoms with Crippen molar-refractivity contribution in [2.45, 2.75) is 50.9 Å². The van der Waals surface area contributed by atoms with Gasteiger partial charge in [0.2, 0.25) is 0 Å². The number of aryl methyl sites for hydroxylation is 1. The summed E-state index contributed by atoms with van der Waals surface area (Å²) in [6, 6.07) is 7.47. The standard InChI is InChI=1S/C16H19F3N2/c1-10(9-16(17,18)19)20-14-8-4-6-12-11-5-2-3-7-13(11)21-15(12)14/h2-3,5,7,10,14,20-21H,4,6,8-9H2,1H3. The zero-order chi connectivity index (χ0) is 15.0. The topological polar surface area (TPSA) is 27.8 Å². The van der Waals surface area contributed by atoms with Crippen LogP contribution in [-0.4, -0.2) is 17.2 Å². The summed E-state index contributed by atoms with van der Waals surface area (Å²) in [5.41, 5.74) is 3.39. The number of aromatic nitrogens is 1. The zero-order valence-electron chi connectivity index (χ0n) is 11.9. The largest absolute Gasteiger partial charge is 0.390 e. The molecule has 2 atom stereocenters. The van der Waals surface area contributed by atoms with Gasteiger partial charge in [0.15, 0.2) is 0 Å². The number of aromatic amines is 1. The van der Waals surface area contributed by atoms with Crippen LogP contribution in [0.4, 0.5) is 13.2 Å². The SMILES string of the molecule is CC(CC(F)(F)F)NC1CCCc2c1[nH]c1ccccc21. The van der Waals surface area contributed by atoms with Gasteiger partial charge in [-0.25, -0.2) is 0 Å². The number of halogens is 3. The second-order valence-corrected chi connectivity index (χ2v) is 5.89. The highest BCUT2D eigenvalue weighted by atomic mass is 19.4. The van der Waals surface area contributed by atoms with Crippen molar-refractivity contribution in [3.05, 3.63) is 35.5 Å². The number of H-pyrrole nitrogens is 1. The van der Waals surface area contributed by atoms with Crippen LogP contribution in [0.2, 0.25) is 0 Å². The molecule has 3 rings (SSSR count). The first-order chi connectivity index (χ1) is 9.94. The van der Waals surface area contributed by atoms with Gasteiger partial charge >= 0.3 is 6.18 Å². The van der Waals surface area contributed by atoms with Crippen molar-refractivity contribution in [1.29, 1.82) is 0 Å². The van der Waals surface area contributed by atoms with Crippen LogP contribution >= 0.6 is 0 Å². The van der Waals surface area contributed by atoms with Crippen molar-refractivity contribution >= 4 is 10.9 Å². The fraction of sp³-hybridized carbons (Fsp3) is 0.500. The molecule has 0 saturated heterocycles. The third kappa shape index (κ3) is 3.07. The third-order valence-corrected chi connectivity index (χ3v) is 4.14. The van der Waals surface area contributed by atoms with Gasteiger partial charge in [0, 0.05) is 28.7 Å². The number of alkyl halides is 3. The molecular formula is C16H19F3N2. The van der Waals surface area contributed by atoms with E-state index in [9.17, 15) is 13.2 Å². The van der Waals surface area contributed by atoms with Gasteiger partial charge in [0.05, 0.1) is 6.42 Å². The fourth-order valence-corrected chi connectivity index (χ4v) is 3.33. The van der Waals surface area contributed by atoms with E-state index in [4.69, 9.17) is 0 Å². The van der Waals surface area contributed by atoms with E-state index in [1.165, 1.54) is 10.9 Å². The first-order valence-electron chi connectivity index (χ1n) is 7.36. The average Bonchev–Trinajstić information content (AvgIpc) is 2.76. The van der Waals surface area contributed by atoms with E-state index in [2.05, 4.69) is 16.4 Å². The van der Waals surface area contributed by atoms with Gasteiger partial charge in [0.1, 0.15) is 0 Å². The Morgan fingerprint density at radius 3 is 2.86 bits per heavy atom. The summed E-state index contributed by atoms with van der Waals surface area (Å²) in [6.07, 6.45) is -2.04. The number of para-hydroxylation sites is 1. The van der Waals surface area contributed by atoms with Gasteiger partial charge in [-0.3, -0.25) is 0 Å². The Morgan fingerprint density at radius 1 is 1.33 bits per heavy atom. The van der Waals surface area contributed by atoms with Crippen LogP contribution in [0.15, 0.2) is 24.3 Å². The van der Waals surface area contributed by atoms with Crippen LogP contribution in [0.3, 0.4) is 0 Å². The average molecular weight is 296 g/mol. The molecule has 1 aliphatic carbocycles.